The number of hydrogen-bond donors (Lipinski definition) is 1. The van der Waals surface area contributed by atoms with Gasteiger partial charge in [-0.1, -0.05) is 0 Å². The van der Waals surface area contributed by atoms with Gasteiger partial charge < -0.3 is 5.73 Å². The molecule has 14 heavy (non-hydrogen) atoms. The van der Waals surface area contributed by atoms with Gasteiger partial charge in [0, 0.05) is 13.6 Å². The summed E-state index contributed by atoms with van der Waals surface area (Å²) in [6.07, 6.45) is 0.512. The summed E-state index contributed by atoms with van der Waals surface area (Å²) in [5.74, 6) is -1.54. The Morgan fingerprint density at radius 3 is 2.14 bits per heavy atom. The summed E-state index contributed by atoms with van der Waals surface area (Å²) in [5, 5.41) is 0. The molecule has 1 heterocycles. The fraction of sp³-hybridized carbons (Fsp3) is 0.571. The van der Waals surface area contributed by atoms with Gasteiger partial charge in [-0.05, 0) is 13.0 Å². The molecule has 0 radical (unpaired) electrons. The highest BCUT2D eigenvalue weighted by atomic mass is 35.5. The van der Waals surface area contributed by atoms with E-state index in [0.29, 0.717) is 13.0 Å². The molecule has 0 aromatic heterocycles. The van der Waals surface area contributed by atoms with Crippen LogP contribution < -0.4 is 5.73 Å². The highest BCUT2D eigenvalue weighted by Gasteiger charge is 2.41. The number of urea groups is 1. The first kappa shape index (κ1) is 12.9. The van der Waals surface area contributed by atoms with Crippen molar-refractivity contribution in [1.82, 2.24) is 9.80 Å². The molecule has 7 heteroatoms. The van der Waals surface area contributed by atoms with Gasteiger partial charge >= 0.3 is 17.8 Å². The molecule has 0 spiro atoms. The van der Waals surface area contributed by atoms with Crippen LogP contribution in [0.1, 0.15) is 6.42 Å². The molecule has 0 aromatic carbocycles. The van der Waals surface area contributed by atoms with Gasteiger partial charge in [0.1, 0.15) is 0 Å². The lowest BCUT2D eigenvalue weighted by Crippen LogP contribution is -2.33. The van der Waals surface area contributed by atoms with Gasteiger partial charge in [0.15, 0.2) is 0 Å². The summed E-state index contributed by atoms with van der Waals surface area (Å²) in [6.45, 7) is 0.596. The van der Waals surface area contributed by atoms with Crippen molar-refractivity contribution in [3.05, 3.63) is 0 Å². The summed E-state index contributed by atoms with van der Waals surface area (Å²) in [4.78, 5) is 35.0. The Bertz CT molecular complexity index is 269. The maximum absolute atomic E-state index is 11.2. The Morgan fingerprint density at radius 1 is 1.21 bits per heavy atom. The second kappa shape index (κ2) is 4.92. The number of rotatable bonds is 3. The van der Waals surface area contributed by atoms with Crippen LogP contribution in [0.4, 0.5) is 4.79 Å². The van der Waals surface area contributed by atoms with E-state index < -0.39 is 17.8 Å². The van der Waals surface area contributed by atoms with Crippen LogP contribution in [0.15, 0.2) is 0 Å². The van der Waals surface area contributed by atoms with Crippen LogP contribution in [0, 0.1) is 0 Å². The molecule has 1 saturated heterocycles. The smallest absolute Gasteiger partial charge is 0.330 e. The molecular formula is C7H12ClN3O3. The lowest BCUT2D eigenvalue weighted by molar-refractivity contribution is -0.142. The number of halogens is 1. The number of imide groups is 2. The highest BCUT2D eigenvalue weighted by Crippen LogP contribution is 2.09. The molecule has 1 fully saturated rings. The van der Waals surface area contributed by atoms with Crippen molar-refractivity contribution in [2.45, 2.75) is 6.42 Å². The molecule has 6 nitrogen and oxygen atoms in total. The van der Waals surface area contributed by atoms with Gasteiger partial charge in [-0.25, -0.2) is 4.79 Å². The fourth-order valence-corrected chi connectivity index (χ4v) is 1.06. The lowest BCUT2D eigenvalue weighted by atomic mass is 10.4. The number of nitrogens with two attached hydrogens (primary N) is 1. The first-order valence-electron chi connectivity index (χ1n) is 3.93. The second-order valence-electron chi connectivity index (χ2n) is 2.75. The van der Waals surface area contributed by atoms with Crippen LogP contribution in [-0.4, -0.2) is 47.8 Å². The van der Waals surface area contributed by atoms with E-state index in [1.807, 2.05) is 0 Å². The molecule has 0 aliphatic carbocycles. The van der Waals surface area contributed by atoms with Crippen LogP contribution in [0.2, 0.25) is 0 Å². The monoisotopic (exact) mass is 221 g/mol. The molecule has 0 unspecified atom stereocenters. The molecule has 1 aliphatic heterocycles. The molecule has 2 N–H and O–H groups in total. The van der Waals surface area contributed by atoms with Crippen molar-refractivity contribution in [2.24, 2.45) is 5.73 Å². The van der Waals surface area contributed by atoms with E-state index in [1.165, 1.54) is 7.05 Å². The summed E-state index contributed by atoms with van der Waals surface area (Å²) >= 11 is 0. The van der Waals surface area contributed by atoms with Crippen molar-refractivity contribution in [3.63, 3.8) is 0 Å². The highest BCUT2D eigenvalue weighted by molar-refractivity contribution is 6.44. The predicted molar refractivity (Wildman–Crippen MR) is 50.8 cm³/mol. The van der Waals surface area contributed by atoms with Crippen molar-refractivity contribution in [2.75, 3.05) is 20.1 Å². The van der Waals surface area contributed by atoms with Crippen LogP contribution >= 0.6 is 12.4 Å². The SMILES string of the molecule is CN1C(=O)C(=O)N(CCCN)C1=O.Cl. The number of nitrogens with zero attached hydrogens (tertiary/aromatic N) is 2. The maximum Gasteiger partial charge on any atom is 0.333 e. The number of likely N-dealkylation sites (N-methyl/N-ethyl adjacent to an activating group) is 1. The molecular weight excluding hydrogens is 210 g/mol. The molecule has 1 rings (SSSR count). The summed E-state index contributed by atoms with van der Waals surface area (Å²) in [6, 6.07) is -0.566. The van der Waals surface area contributed by atoms with Crippen molar-refractivity contribution in [1.29, 1.82) is 0 Å². The average Bonchev–Trinajstić information content (AvgIpc) is 2.30. The summed E-state index contributed by atoms with van der Waals surface area (Å²) < 4.78 is 0. The van der Waals surface area contributed by atoms with E-state index in [1.54, 1.807) is 0 Å². The van der Waals surface area contributed by atoms with Gasteiger partial charge in [0.25, 0.3) is 0 Å². The Labute approximate surface area is 87.4 Å². The molecule has 0 aromatic rings. The molecule has 4 amide bonds. The summed E-state index contributed by atoms with van der Waals surface area (Å²) in [7, 11) is 1.28. The zero-order valence-corrected chi connectivity index (χ0v) is 8.54. The van der Waals surface area contributed by atoms with Crippen LogP contribution in [0.5, 0.6) is 0 Å². The van der Waals surface area contributed by atoms with Gasteiger partial charge in [-0.3, -0.25) is 19.4 Å². The van der Waals surface area contributed by atoms with Crippen molar-refractivity contribution < 1.29 is 14.4 Å². The molecule has 0 atom stereocenters. The third-order valence-corrected chi connectivity index (χ3v) is 1.84. The normalized spacial score (nSPS) is 16.3. The predicted octanol–water partition coefficient (Wildman–Crippen LogP) is -0.822. The molecule has 0 bridgehead atoms. The van der Waals surface area contributed by atoms with E-state index in [0.717, 1.165) is 9.80 Å². The zero-order valence-electron chi connectivity index (χ0n) is 7.73. The number of amides is 4. The largest absolute Gasteiger partial charge is 0.333 e. The van der Waals surface area contributed by atoms with E-state index in [2.05, 4.69) is 0 Å². The molecule has 80 valence electrons. The van der Waals surface area contributed by atoms with Crippen LogP contribution in [0.25, 0.3) is 0 Å². The van der Waals surface area contributed by atoms with Gasteiger partial charge in [0.05, 0.1) is 0 Å². The Hall–Kier alpha value is -1.14. The van der Waals surface area contributed by atoms with Gasteiger partial charge in [0.2, 0.25) is 0 Å². The second-order valence-corrected chi connectivity index (χ2v) is 2.75. The van der Waals surface area contributed by atoms with E-state index in [-0.39, 0.29) is 19.0 Å². The number of hydrogen-bond acceptors (Lipinski definition) is 4. The lowest BCUT2D eigenvalue weighted by Gasteiger charge is -2.11. The quantitative estimate of drug-likeness (QED) is 0.499. The first-order chi connectivity index (χ1) is 6.09. The molecule has 0 saturated carbocycles. The van der Waals surface area contributed by atoms with Crippen LogP contribution in [0.3, 0.4) is 0 Å². The van der Waals surface area contributed by atoms with E-state index in [9.17, 15) is 14.4 Å². The minimum Gasteiger partial charge on any atom is -0.330 e. The molecule has 1 aliphatic rings. The maximum atomic E-state index is 11.2. The average molecular weight is 222 g/mol. The van der Waals surface area contributed by atoms with Gasteiger partial charge in [-0.15, -0.1) is 12.4 Å². The number of carbonyl (C=O) groups excluding carboxylic acids is 3. The zero-order chi connectivity index (χ0) is 10.0. The topological polar surface area (TPSA) is 83.7 Å². The minimum absolute atomic E-state index is 0. The van der Waals surface area contributed by atoms with Crippen molar-refractivity contribution in [3.8, 4) is 0 Å². The third kappa shape index (κ3) is 2.02. The fourth-order valence-electron chi connectivity index (χ4n) is 1.06. The van der Waals surface area contributed by atoms with Crippen LogP contribution in [-0.2, 0) is 9.59 Å². The number of carbonyl (C=O) groups is 3. The third-order valence-electron chi connectivity index (χ3n) is 1.84. The minimum atomic E-state index is -0.776. The Balaban J connectivity index is 0.00000169. The first-order valence-corrected chi connectivity index (χ1v) is 3.93. The van der Waals surface area contributed by atoms with Gasteiger partial charge in [-0.2, -0.15) is 0 Å². The Morgan fingerprint density at radius 2 is 1.79 bits per heavy atom. The van der Waals surface area contributed by atoms with E-state index in [4.69, 9.17) is 5.73 Å². The van der Waals surface area contributed by atoms with Crippen molar-refractivity contribution >= 4 is 30.3 Å². The standard InChI is InChI=1S/C7H11N3O3.ClH/c1-9-5(11)6(12)10(7(9)13)4-2-3-8;/h2-4,8H2,1H3;1H. The van der Waals surface area contributed by atoms with E-state index >= 15 is 0 Å². The Kier molecular flexibility index (Phi) is 4.52. The summed E-state index contributed by atoms with van der Waals surface area (Å²) in [5.41, 5.74) is 5.22.